The number of hydrogen-bond acceptors (Lipinski definition) is 6. The van der Waals surface area contributed by atoms with E-state index in [4.69, 9.17) is 0 Å². The van der Waals surface area contributed by atoms with Crippen LogP contribution in [0.3, 0.4) is 0 Å². The van der Waals surface area contributed by atoms with Gasteiger partial charge in [-0.15, -0.1) is 0 Å². The van der Waals surface area contributed by atoms with Gasteiger partial charge in [0.1, 0.15) is 0 Å². The van der Waals surface area contributed by atoms with Crippen molar-refractivity contribution in [2.75, 3.05) is 5.32 Å². The van der Waals surface area contributed by atoms with Crippen molar-refractivity contribution in [2.24, 2.45) is 10.2 Å². The number of nitrogens with zero attached hydrogens (tertiary/aromatic N) is 4. The van der Waals surface area contributed by atoms with Gasteiger partial charge >= 0.3 is 0 Å². The maximum Gasteiger partial charge on any atom is 0.269 e. The number of anilines is 1. The van der Waals surface area contributed by atoms with Crippen LogP contribution in [0.1, 0.15) is 23.7 Å². The van der Waals surface area contributed by atoms with Gasteiger partial charge in [0, 0.05) is 24.0 Å². The monoisotopic (exact) mass is 359 g/mol. The third-order valence-corrected chi connectivity index (χ3v) is 4.51. The lowest BCUT2D eigenvalue weighted by atomic mass is 9.95. The molecule has 2 heterocycles. The Morgan fingerprint density at radius 1 is 1.04 bits per heavy atom. The van der Waals surface area contributed by atoms with E-state index < -0.39 is 4.92 Å². The Morgan fingerprint density at radius 2 is 1.81 bits per heavy atom. The van der Waals surface area contributed by atoms with E-state index in [9.17, 15) is 10.1 Å². The molecule has 1 aromatic heterocycles. The standard InChI is InChI=1S/C20H17N5O2/c26-25(27)17-8-5-15(6-9-17)23-24-16-7-11-18-14(13-16)4-10-20(22-18)19-3-1-2-12-21-19/h1-3,5-9,11-13,20,22H,4,10H2. The van der Waals surface area contributed by atoms with Crippen molar-refractivity contribution >= 4 is 22.7 Å². The van der Waals surface area contributed by atoms with Crippen LogP contribution in [0.2, 0.25) is 0 Å². The van der Waals surface area contributed by atoms with Crippen LogP contribution in [-0.2, 0) is 6.42 Å². The minimum absolute atomic E-state index is 0.0382. The van der Waals surface area contributed by atoms with Crippen molar-refractivity contribution in [3.63, 3.8) is 0 Å². The van der Waals surface area contributed by atoms with E-state index in [1.807, 2.05) is 42.6 Å². The second kappa shape index (κ2) is 7.33. The van der Waals surface area contributed by atoms with Crippen molar-refractivity contribution < 1.29 is 4.92 Å². The number of non-ortho nitro benzene ring substituents is 1. The van der Waals surface area contributed by atoms with Crippen LogP contribution in [0.5, 0.6) is 0 Å². The summed E-state index contributed by atoms with van der Waals surface area (Å²) < 4.78 is 0. The molecule has 3 aromatic rings. The quantitative estimate of drug-likeness (QED) is 0.378. The molecule has 0 amide bonds. The second-order valence-corrected chi connectivity index (χ2v) is 6.31. The summed E-state index contributed by atoms with van der Waals surface area (Å²) in [6, 6.07) is 18.1. The fourth-order valence-corrected chi connectivity index (χ4v) is 3.11. The summed E-state index contributed by atoms with van der Waals surface area (Å²) in [5.74, 6) is 0. The highest BCUT2D eigenvalue weighted by molar-refractivity contribution is 5.60. The molecule has 27 heavy (non-hydrogen) atoms. The molecule has 0 spiro atoms. The first-order valence-corrected chi connectivity index (χ1v) is 8.66. The number of pyridine rings is 1. The maximum atomic E-state index is 10.7. The van der Waals surface area contributed by atoms with Crippen molar-refractivity contribution in [1.82, 2.24) is 4.98 Å². The maximum absolute atomic E-state index is 10.7. The average Bonchev–Trinajstić information content (AvgIpc) is 2.72. The van der Waals surface area contributed by atoms with E-state index in [0.29, 0.717) is 5.69 Å². The van der Waals surface area contributed by atoms with E-state index in [2.05, 4.69) is 20.5 Å². The fourth-order valence-electron chi connectivity index (χ4n) is 3.11. The molecule has 0 bridgehead atoms. The fraction of sp³-hybridized carbons (Fsp3) is 0.150. The first-order chi connectivity index (χ1) is 13.2. The molecule has 134 valence electrons. The number of azo groups is 1. The number of fused-ring (bicyclic) bond motifs is 1. The van der Waals surface area contributed by atoms with Gasteiger partial charge in [0.05, 0.1) is 28.0 Å². The van der Waals surface area contributed by atoms with E-state index >= 15 is 0 Å². The molecule has 7 heteroatoms. The highest BCUT2D eigenvalue weighted by atomic mass is 16.6. The predicted octanol–water partition coefficient (Wildman–Crippen LogP) is 5.50. The largest absolute Gasteiger partial charge is 0.376 e. The van der Waals surface area contributed by atoms with Gasteiger partial charge in [0.25, 0.3) is 5.69 Å². The Bertz CT molecular complexity index is 987. The summed E-state index contributed by atoms with van der Waals surface area (Å²) in [5, 5.41) is 22.6. The zero-order valence-electron chi connectivity index (χ0n) is 14.4. The topological polar surface area (TPSA) is 92.8 Å². The van der Waals surface area contributed by atoms with Crippen LogP contribution in [0.15, 0.2) is 77.1 Å². The Morgan fingerprint density at radius 3 is 2.56 bits per heavy atom. The third kappa shape index (κ3) is 3.82. The number of nitrogens with one attached hydrogen (secondary N) is 1. The predicted molar refractivity (Wildman–Crippen MR) is 103 cm³/mol. The lowest BCUT2D eigenvalue weighted by Gasteiger charge is -2.26. The van der Waals surface area contributed by atoms with Gasteiger partial charge in [-0.05, 0) is 60.9 Å². The summed E-state index contributed by atoms with van der Waals surface area (Å²) in [6.07, 6.45) is 3.71. The van der Waals surface area contributed by atoms with E-state index in [1.54, 1.807) is 12.1 Å². The molecule has 1 N–H and O–H groups in total. The van der Waals surface area contributed by atoms with Gasteiger partial charge in [0.2, 0.25) is 0 Å². The Hall–Kier alpha value is -3.61. The molecule has 1 aliphatic rings. The van der Waals surface area contributed by atoms with Gasteiger partial charge in [0.15, 0.2) is 0 Å². The number of aryl methyl sites for hydroxylation is 1. The van der Waals surface area contributed by atoms with Crippen molar-refractivity contribution in [2.45, 2.75) is 18.9 Å². The number of nitro groups is 1. The second-order valence-electron chi connectivity index (χ2n) is 6.31. The van der Waals surface area contributed by atoms with E-state index in [0.717, 1.165) is 29.9 Å². The molecule has 4 rings (SSSR count). The molecule has 1 atom stereocenters. The van der Waals surface area contributed by atoms with Gasteiger partial charge in [-0.2, -0.15) is 10.2 Å². The minimum Gasteiger partial charge on any atom is -0.376 e. The van der Waals surface area contributed by atoms with Crippen LogP contribution in [-0.4, -0.2) is 9.91 Å². The highest BCUT2D eigenvalue weighted by Crippen LogP contribution is 2.34. The zero-order valence-corrected chi connectivity index (χ0v) is 14.4. The number of hydrogen-bond donors (Lipinski definition) is 1. The van der Waals surface area contributed by atoms with Crippen LogP contribution < -0.4 is 5.32 Å². The lowest BCUT2D eigenvalue weighted by molar-refractivity contribution is -0.384. The van der Waals surface area contributed by atoms with Gasteiger partial charge in [-0.25, -0.2) is 0 Å². The molecule has 1 unspecified atom stereocenters. The number of aromatic nitrogens is 1. The zero-order chi connectivity index (χ0) is 18.6. The number of rotatable bonds is 4. The smallest absolute Gasteiger partial charge is 0.269 e. The van der Waals surface area contributed by atoms with Gasteiger partial charge in [-0.3, -0.25) is 15.1 Å². The Balaban J connectivity index is 1.48. The lowest BCUT2D eigenvalue weighted by Crippen LogP contribution is -2.18. The van der Waals surface area contributed by atoms with Gasteiger partial charge < -0.3 is 5.32 Å². The van der Waals surface area contributed by atoms with Crippen LogP contribution in [0, 0.1) is 10.1 Å². The van der Waals surface area contributed by atoms with Crippen LogP contribution in [0.25, 0.3) is 0 Å². The SMILES string of the molecule is O=[N+]([O-])c1ccc(N=Nc2ccc3c(c2)CCC(c2ccccn2)N3)cc1. The van der Waals surface area contributed by atoms with E-state index in [1.165, 1.54) is 17.7 Å². The first kappa shape index (κ1) is 16.8. The van der Waals surface area contributed by atoms with Crippen molar-refractivity contribution in [1.29, 1.82) is 0 Å². The molecule has 0 aliphatic carbocycles. The molecule has 0 fully saturated rings. The van der Waals surface area contributed by atoms with E-state index in [-0.39, 0.29) is 11.7 Å². The molecular weight excluding hydrogens is 342 g/mol. The summed E-state index contributed by atoms with van der Waals surface area (Å²) >= 11 is 0. The summed E-state index contributed by atoms with van der Waals surface area (Å²) in [6.45, 7) is 0. The summed E-state index contributed by atoms with van der Waals surface area (Å²) in [4.78, 5) is 14.7. The molecule has 7 nitrogen and oxygen atoms in total. The van der Waals surface area contributed by atoms with Crippen molar-refractivity contribution in [3.8, 4) is 0 Å². The van der Waals surface area contributed by atoms with Crippen LogP contribution >= 0.6 is 0 Å². The normalized spacial score (nSPS) is 15.9. The molecule has 0 saturated heterocycles. The molecule has 0 saturated carbocycles. The average molecular weight is 359 g/mol. The number of benzene rings is 2. The minimum atomic E-state index is -0.435. The van der Waals surface area contributed by atoms with Gasteiger partial charge in [-0.1, -0.05) is 6.07 Å². The molecule has 0 radical (unpaired) electrons. The summed E-state index contributed by atoms with van der Waals surface area (Å²) in [5.41, 5.74) is 4.70. The Labute approximate surface area is 156 Å². The summed E-state index contributed by atoms with van der Waals surface area (Å²) in [7, 11) is 0. The Kier molecular flexibility index (Phi) is 4.57. The first-order valence-electron chi connectivity index (χ1n) is 8.66. The molecular formula is C20H17N5O2. The van der Waals surface area contributed by atoms with Crippen molar-refractivity contribution in [3.05, 3.63) is 88.2 Å². The molecule has 1 aliphatic heterocycles. The van der Waals surface area contributed by atoms with Crippen LogP contribution in [0.4, 0.5) is 22.7 Å². The number of nitro benzene ring substituents is 1. The highest BCUT2D eigenvalue weighted by Gasteiger charge is 2.20. The third-order valence-electron chi connectivity index (χ3n) is 4.51. The molecule has 2 aromatic carbocycles.